The number of rotatable bonds is 6. The Morgan fingerprint density at radius 2 is 1.76 bits per heavy atom. The fourth-order valence-electron chi connectivity index (χ4n) is 5.11. The van der Waals surface area contributed by atoms with E-state index in [-0.39, 0.29) is 6.10 Å². The van der Waals surface area contributed by atoms with Gasteiger partial charge in [0.2, 0.25) is 0 Å². The summed E-state index contributed by atoms with van der Waals surface area (Å²) < 4.78 is 19.3. The van der Waals surface area contributed by atoms with Gasteiger partial charge in [0, 0.05) is 21.7 Å². The van der Waals surface area contributed by atoms with Gasteiger partial charge < -0.3 is 14.2 Å². The first kappa shape index (κ1) is 21.7. The van der Waals surface area contributed by atoms with Crippen LogP contribution in [0.3, 0.4) is 0 Å². The maximum absolute atomic E-state index is 6.58. The van der Waals surface area contributed by atoms with Crippen molar-refractivity contribution in [3.8, 4) is 21.9 Å². The number of ether oxygens (including phenoxy) is 3. The highest BCUT2D eigenvalue weighted by Crippen LogP contribution is 2.49. The highest BCUT2D eigenvalue weighted by Gasteiger charge is 2.28. The van der Waals surface area contributed by atoms with Crippen LogP contribution in [-0.2, 0) is 11.3 Å². The summed E-state index contributed by atoms with van der Waals surface area (Å²) in [6.07, 6.45) is 2.49. The molecule has 0 radical (unpaired) electrons. The van der Waals surface area contributed by atoms with Crippen LogP contribution in [0, 0.1) is 0 Å². The lowest BCUT2D eigenvalue weighted by Crippen LogP contribution is -2.25. The van der Waals surface area contributed by atoms with Gasteiger partial charge in [0.05, 0.1) is 13.7 Å². The standard InChI is InChI=1S/C29H29NO3S/c1-31-23-12-13-25-26(18-23)34-29-24-7-3-2-6-21(24)19-33-28(27(25)29)20-8-10-22(11-9-20)32-17-16-30-14-4-5-15-30/h2-3,6-13,18,28H,4-5,14-17,19H2,1H3. The van der Waals surface area contributed by atoms with Crippen molar-refractivity contribution >= 4 is 21.4 Å². The van der Waals surface area contributed by atoms with E-state index in [1.54, 1.807) is 7.11 Å². The van der Waals surface area contributed by atoms with Crippen LogP contribution in [0.15, 0.2) is 66.7 Å². The van der Waals surface area contributed by atoms with E-state index in [1.807, 2.05) is 17.4 Å². The summed E-state index contributed by atoms with van der Waals surface area (Å²) in [5.41, 5.74) is 4.89. The lowest BCUT2D eigenvalue weighted by Gasteiger charge is -2.19. The Morgan fingerprint density at radius 1 is 0.971 bits per heavy atom. The van der Waals surface area contributed by atoms with Crippen molar-refractivity contribution in [2.75, 3.05) is 33.4 Å². The minimum atomic E-state index is -0.136. The lowest BCUT2D eigenvalue weighted by atomic mass is 9.96. The van der Waals surface area contributed by atoms with Gasteiger partial charge in [-0.2, -0.15) is 0 Å². The average Bonchev–Trinajstić information content (AvgIpc) is 3.50. The van der Waals surface area contributed by atoms with Crippen molar-refractivity contribution < 1.29 is 14.2 Å². The molecular formula is C29H29NO3S. The lowest BCUT2D eigenvalue weighted by molar-refractivity contribution is 0.0702. The van der Waals surface area contributed by atoms with E-state index in [0.29, 0.717) is 6.61 Å². The highest BCUT2D eigenvalue weighted by molar-refractivity contribution is 7.22. The molecule has 3 aromatic carbocycles. The SMILES string of the molecule is COc1ccc2c3c(sc2c1)-c1ccccc1COC3c1ccc(OCCN2CCCC2)cc1. The van der Waals surface area contributed by atoms with Gasteiger partial charge in [-0.3, -0.25) is 4.90 Å². The van der Waals surface area contributed by atoms with Crippen molar-refractivity contribution in [3.05, 3.63) is 83.4 Å². The van der Waals surface area contributed by atoms with E-state index >= 15 is 0 Å². The molecule has 4 nitrogen and oxygen atoms in total. The molecule has 1 unspecified atom stereocenters. The first-order valence-electron chi connectivity index (χ1n) is 12.1. The molecule has 6 rings (SSSR count). The average molecular weight is 472 g/mol. The predicted molar refractivity (Wildman–Crippen MR) is 138 cm³/mol. The highest BCUT2D eigenvalue weighted by atomic mass is 32.1. The number of methoxy groups -OCH3 is 1. The Labute approximate surface area is 204 Å². The van der Waals surface area contributed by atoms with Gasteiger partial charge in [-0.25, -0.2) is 0 Å². The van der Waals surface area contributed by atoms with E-state index in [2.05, 4.69) is 65.6 Å². The number of likely N-dealkylation sites (tertiary alicyclic amines) is 1. The summed E-state index contributed by atoms with van der Waals surface area (Å²) in [7, 11) is 1.72. The van der Waals surface area contributed by atoms with Crippen LogP contribution in [0.1, 0.15) is 35.6 Å². The Morgan fingerprint density at radius 3 is 2.59 bits per heavy atom. The van der Waals surface area contributed by atoms with Gasteiger partial charge in [-0.05, 0) is 78.3 Å². The third-order valence-corrected chi connectivity index (χ3v) is 8.12. The van der Waals surface area contributed by atoms with E-state index in [1.165, 1.54) is 57.6 Å². The first-order valence-corrected chi connectivity index (χ1v) is 12.9. The van der Waals surface area contributed by atoms with Gasteiger partial charge in [-0.15, -0.1) is 11.3 Å². The number of nitrogens with zero attached hydrogens (tertiary/aromatic N) is 1. The molecule has 1 aromatic heterocycles. The number of benzene rings is 3. The fraction of sp³-hybridized carbons (Fsp3) is 0.310. The van der Waals surface area contributed by atoms with Crippen LogP contribution in [0.5, 0.6) is 11.5 Å². The molecule has 0 amide bonds. The minimum absolute atomic E-state index is 0.136. The van der Waals surface area contributed by atoms with Crippen LogP contribution in [0.2, 0.25) is 0 Å². The maximum Gasteiger partial charge on any atom is 0.120 e. The normalized spacial score (nSPS) is 17.9. The second-order valence-corrected chi connectivity index (χ2v) is 10.1. The van der Waals surface area contributed by atoms with Crippen molar-refractivity contribution in [1.82, 2.24) is 4.90 Å². The van der Waals surface area contributed by atoms with E-state index in [0.717, 1.165) is 30.2 Å². The van der Waals surface area contributed by atoms with Crippen LogP contribution in [0.25, 0.3) is 20.5 Å². The summed E-state index contributed by atoms with van der Waals surface area (Å²) in [4.78, 5) is 3.76. The molecule has 174 valence electrons. The zero-order valence-electron chi connectivity index (χ0n) is 19.5. The quantitative estimate of drug-likeness (QED) is 0.314. The molecule has 0 bridgehead atoms. The van der Waals surface area contributed by atoms with Gasteiger partial charge in [-0.1, -0.05) is 36.4 Å². The van der Waals surface area contributed by atoms with Crippen LogP contribution in [0.4, 0.5) is 0 Å². The molecule has 1 saturated heterocycles. The van der Waals surface area contributed by atoms with Gasteiger partial charge in [0.15, 0.2) is 0 Å². The summed E-state index contributed by atoms with van der Waals surface area (Å²) in [5, 5.41) is 1.23. The number of thiophene rings is 1. The molecule has 2 aliphatic rings. The smallest absolute Gasteiger partial charge is 0.120 e. The monoisotopic (exact) mass is 471 g/mol. The zero-order valence-corrected chi connectivity index (χ0v) is 20.3. The van der Waals surface area contributed by atoms with Crippen LogP contribution in [-0.4, -0.2) is 38.3 Å². The Kier molecular flexibility index (Phi) is 6.00. The summed E-state index contributed by atoms with van der Waals surface area (Å²) >= 11 is 1.82. The minimum Gasteiger partial charge on any atom is -0.497 e. The second-order valence-electron chi connectivity index (χ2n) is 9.02. The van der Waals surface area contributed by atoms with E-state index < -0.39 is 0 Å². The Hall–Kier alpha value is -2.86. The largest absolute Gasteiger partial charge is 0.497 e. The molecule has 0 spiro atoms. The molecule has 5 heteroatoms. The topological polar surface area (TPSA) is 30.9 Å². The van der Waals surface area contributed by atoms with Crippen LogP contribution >= 0.6 is 11.3 Å². The molecule has 4 aromatic rings. The van der Waals surface area contributed by atoms with Crippen molar-refractivity contribution in [1.29, 1.82) is 0 Å². The number of hydrogen-bond acceptors (Lipinski definition) is 5. The molecule has 34 heavy (non-hydrogen) atoms. The van der Waals surface area contributed by atoms with E-state index in [9.17, 15) is 0 Å². The molecule has 1 fully saturated rings. The van der Waals surface area contributed by atoms with E-state index in [4.69, 9.17) is 14.2 Å². The summed E-state index contributed by atoms with van der Waals surface area (Å²) in [6.45, 7) is 4.72. The van der Waals surface area contributed by atoms with Crippen molar-refractivity contribution in [3.63, 3.8) is 0 Å². The van der Waals surface area contributed by atoms with Crippen LogP contribution < -0.4 is 9.47 Å². The third kappa shape index (κ3) is 4.09. The predicted octanol–water partition coefficient (Wildman–Crippen LogP) is 6.67. The Bertz CT molecular complexity index is 1290. The fourth-order valence-corrected chi connectivity index (χ4v) is 6.43. The number of fused-ring (bicyclic) bond motifs is 5. The van der Waals surface area contributed by atoms with Crippen molar-refractivity contribution in [2.24, 2.45) is 0 Å². The molecule has 2 aliphatic heterocycles. The molecule has 0 aliphatic carbocycles. The zero-order chi connectivity index (χ0) is 22.9. The van der Waals surface area contributed by atoms with Gasteiger partial charge >= 0.3 is 0 Å². The van der Waals surface area contributed by atoms with Gasteiger partial charge in [0.25, 0.3) is 0 Å². The first-order chi connectivity index (χ1) is 16.8. The molecule has 0 saturated carbocycles. The molecule has 1 atom stereocenters. The second kappa shape index (κ2) is 9.41. The van der Waals surface area contributed by atoms with Gasteiger partial charge in [0.1, 0.15) is 24.2 Å². The third-order valence-electron chi connectivity index (χ3n) is 6.92. The molecule has 0 N–H and O–H groups in total. The Balaban J connectivity index is 1.33. The summed E-state index contributed by atoms with van der Waals surface area (Å²) in [6, 6.07) is 23.4. The number of hydrogen-bond donors (Lipinski definition) is 0. The maximum atomic E-state index is 6.58. The molecule has 3 heterocycles. The molecular weight excluding hydrogens is 442 g/mol. The van der Waals surface area contributed by atoms with Crippen molar-refractivity contribution in [2.45, 2.75) is 25.6 Å². The summed E-state index contributed by atoms with van der Waals surface area (Å²) in [5.74, 6) is 1.80.